The molecule has 2 rings (SSSR count). The lowest BCUT2D eigenvalue weighted by Gasteiger charge is -2.26. The molecular formula is C15H25N3O2S. The van der Waals surface area contributed by atoms with Crippen molar-refractivity contribution in [3.8, 4) is 0 Å². The van der Waals surface area contributed by atoms with Crippen molar-refractivity contribution in [1.82, 2.24) is 9.29 Å². The van der Waals surface area contributed by atoms with Gasteiger partial charge in [-0.3, -0.25) is 0 Å². The van der Waals surface area contributed by atoms with Crippen LogP contribution in [0.4, 0.5) is 5.82 Å². The topological polar surface area (TPSA) is 62.3 Å². The Morgan fingerprint density at radius 2 is 2.05 bits per heavy atom. The van der Waals surface area contributed by atoms with Gasteiger partial charge in [0.1, 0.15) is 5.82 Å². The smallest absolute Gasteiger partial charge is 0.243 e. The van der Waals surface area contributed by atoms with E-state index in [2.05, 4.69) is 24.1 Å². The largest absolute Gasteiger partial charge is 0.370 e. The molecule has 0 bridgehead atoms. The first kappa shape index (κ1) is 16.2. The highest BCUT2D eigenvalue weighted by atomic mass is 32.2. The van der Waals surface area contributed by atoms with E-state index in [1.807, 2.05) is 6.92 Å². The van der Waals surface area contributed by atoms with Gasteiger partial charge in [-0.1, -0.05) is 13.8 Å². The molecule has 1 aromatic rings. The fraction of sp³-hybridized carbons (Fsp3) is 0.667. The van der Waals surface area contributed by atoms with Crippen LogP contribution in [0.2, 0.25) is 0 Å². The fourth-order valence-corrected chi connectivity index (χ4v) is 4.49. The number of sulfonamides is 1. The van der Waals surface area contributed by atoms with Gasteiger partial charge in [-0.2, -0.15) is 4.31 Å². The molecule has 1 aliphatic rings. The van der Waals surface area contributed by atoms with Gasteiger partial charge in [0, 0.05) is 31.9 Å². The minimum atomic E-state index is -3.42. The Balaban J connectivity index is 2.25. The zero-order valence-electron chi connectivity index (χ0n) is 13.1. The second-order valence-electron chi connectivity index (χ2n) is 5.70. The van der Waals surface area contributed by atoms with Crippen LogP contribution in [0.15, 0.2) is 23.2 Å². The maximum atomic E-state index is 12.8. The molecule has 0 atom stereocenters. The van der Waals surface area contributed by atoms with E-state index < -0.39 is 10.0 Å². The Labute approximate surface area is 127 Å². The summed E-state index contributed by atoms with van der Waals surface area (Å²) < 4.78 is 27.2. The van der Waals surface area contributed by atoms with Crippen LogP contribution in [0.3, 0.4) is 0 Å². The van der Waals surface area contributed by atoms with Crippen molar-refractivity contribution in [2.75, 3.05) is 25.0 Å². The van der Waals surface area contributed by atoms with E-state index >= 15 is 0 Å². The minimum Gasteiger partial charge on any atom is -0.370 e. The summed E-state index contributed by atoms with van der Waals surface area (Å²) in [6.07, 6.45) is 4.54. The van der Waals surface area contributed by atoms with Crippen molar-refractivity contribution < 1.29 is 8.42 Å². The molecule has 1 aromatic heterocycles. The van der Waals surface area contributed by atoms with E-state index in [9.17, 15) is 8.42 Å². The fourth-order valence-electron chi connectivity index (χ4n) is 2.92. The zero-order valence-corrected chi connectivity index (χ0v) is 13.9. The Bertz CT molecular complexity index is 582. The molecule has 0 amide bonds. The molecule has 1 N–H and O–H groups in total. The van der Waals surface area contributed by atoms with Crippen LogP contribution in [0.5, 0.6) is 0 Å². The van der Waals surface area contributed by atoms with E-state index in [1.54, 1.807) is 22.6 Å². The summed E-state index contributed by atoms with van der Waals surface area (Å²) in [5.74, 6) is 0.606. The molecule has 1 saturated heterocycles. The number of pyridine rings is 1. The standard InChI is InChI=1S/C15H25N3O2S/c1-4-15(5-2)8-10-18(12-15)21(19,20)13-7-9-17-14(11-13)16-6-3/h7,9,11H,4-6,8,10,12H2,1-3H3,(H,16,17). The molecule has 1 aliphatic heterocycles. The molecule has 5 nitrogen and oxygen atoms in total. The molecule has 118 valence electrons. The zero-order chi connectivity index (χ0) is 15.5. The third-order valence-corrected chi connectivity index (χ3v) is 6.47. The summed E-state index contributed by atoms with van der Waals surface area (Å²) in [6, 6.07) is 3.20. The van der Waals surface area contributed by atoms with Crippen molar-refractivity contribution in [3.05, 3.63) is 18.3 Å². The van der Waals surface area contributed by atoms with Gasteiger partial charge in [-0.15, -0.1) is 0 Å². The van der Waals surface area contributed by atoms with Gasteiger partial charge in [-0.05, 0) is 37.7 Å². The number of rotatable bonds is 6. The van der Waals surface area contributed by atoms with Crippen LogP contribution < -0.4 is 5.32 Å². The number of aromatic nitrogens is 1. The number of nitrogens with zero attached hydrogens (tertiary/aromatic N) is 2. The van der Waals surface area contributed by atoms with Crippen molar-refractivity contribution >= 4 is 15.8 Å². The number of hydrogen-bond acceptors (Lipinski definition) is 4. The molecule has 0 radical (unpaired) electrons. The van der Waals surface area contributed by atoms with Crippen molar-refractivity contribution in [1.29, 1.82) is 0 Å². The lowest BCUT2D eigenvalue weighted by molar-refractivity contribution is 0.279. The van der Waals surface area contributed by atoms with Crippen molar-refractivity contribution in [2.24, 2.45) is 5.41 Å². The summed E-state index contributed by atoms with van der Waals surface area (Å²) in [5, 5.41) is 3.06. The Morgan fingerprint density at radius 1 is 1.33 bits per heavy atom. The van der Waals surface area contributed by atoms with Gasteiger partial charge in [0.25, 0.3) is 0 Å². The molecule has 0 saturated carbocycles. The van der Waals surface area contributed by atoms with E-state index in [0.717, 1.165) is 25.8 Å². The number of nitrogens with one attached hydrogen (secondary N) is 1. The quantitative estimate of drug-likeness (QED) is 0.877. The van der Waals surface area contributed by atoms with Crippen LogP contribution in [0.1, 0.15) is 40.0 Å². The third-order valence-electron chi connectivity index (χ3n) is 4.63. The van der Waals surface area contributed by atoms with Crippen LogP contribution >= 0.6 is 0 Å². The predicted octanol–water partition coefficient (Wildman–Crippen LogP) is 2.71. The highest BCUT2D eigenvalue weighted by molar-refractivity contribution is 7.89. The Hall–Kier alpha value is -1.14. The molecule has 0 spiro atoms. The molecule has 0 aromatic carbocycles. The van der Waals surface area contributed by atoms with E-state index in [4.69, 9.17) is 0 Å². The van der Waals surface area contributed by atoms with Gasteiger partial charge in [0.2, 0.25) is 10.0 Å². The molecule has 21 heavy (non-hydrogen) atoms. The molecule has 2 heterocycles. The molecule has 1 fully saturated rings. The highest BCUT2D eigenvalue weighted by Crippen LogP contribution is 2.39. The Morgan fingerprint density at radius 3 is 2.62 bits per heavy atom. The first-order chi connectivity index (χ1) is 9.97. The molecule has 6 heteroatoms. The highest BCUT2D eigenvalue weighted by Gasteiger charge is 2.40. The number of anilines is 1. The van der Waals surface area contributed by atoms with Gasteiger partial charge in [0.05, 0.1) is 4.90 Å². The summed E-state index contributed by atoms with van der Waals surface area (Å²) >= 11 is 0. The van der Waals surface area contributed by atoms with Gasteiger partial charge in [0.15, 0.2) is 0 Å². The first-order valence-corrected chi connectivity index (χ1v) is 9.11. The second kappa shape index (κ2) is 6.32. The average Bonchev–Trinajstić information content (AvgIpc) is 2.94. The van der Waals surface area contributed by atoms with Crippen molar-refractivity contribution in [3.63, 3.8) is 0 Å². The van der Waals surface area contributed by atoms with Gasteiger partial charge >= 0.3 is 0 Å². The summed E-state index contributed by atoms with van der Waals surface area (Å²) in [7, 11) is -3.42. The summed E-state index contributed by atoms with van der Waals surface area (Å²) in [6.45, 7) is 8.21. The Kier molecular flexibility index (Phi) is 4.88. The molecular weight excluding hydrogens is 286 g/mol. The van der Waals surface area contributed by atoms with Gasteiger partial charge < -0.3 is 5.32 Å². The van der Waals surface area contributed by atoms with Crippen LogP contribution in [-0.2, 0) is 10.0 Å². The normalized spacial score (nSPS) is 18.8. The monoisotopic (exact) mass is 311 g/mol. The maximum absolute atomic E-state index is 12.8. The molecule has 0 unspecified atom stereocenters. The number of hydrogen-bond donors (Lipinski definition) is 1. The predicted molar refractivity (Wildman–Crippen MR) is 84.8 cm³/mol. The average molecular weight is 311 g/mol. The van der Waals surface area contributed by atoms with Crippen LogP contribution in [-0.4, -0.2) is 37.3 Å². The molecule has 0 aliphatic carbocycles. The van der Waals surface area contributed by atoms with E-state index in [-0.39, 0.29) is 5.41 Å². The van der Waals surface area contributed by atoms with Crippen LogP contribution in [0.25, 0.3) is 0 Å². The third kappa shape index (κ3) is 3.21. The maximum Gasteiger partial charge on any atom is 0.243 e. The minimum absolute atomic E-state index is 0.143. The first-order valence-electron chi connectivity index (χ1n) is 7.67. The SMILES string of the molecule is CCNc1cc(S(=O)(=O)N2CCC(CC)(CC)C2)ccn1. The summed E-state index contributed by atoms with van der Waals surface area (Å²) in [4.78, 5) is 4.47. The van der Waals surface area contributed by atoms with E-state index in [1.165, 1.54) is 0 Å². The second-order valence-corrected chi connectivity index (χ2v) is 7.64. The summed E-state index contributed by atoms with van der Waals surface area (Å²) in [5.41, 5.74) is 0.143. The lowest BCUT2D eigenvalue weighted by atomic mass is 9.82. The van der Waals surface area contributed by atoms with Crippen molar-refractivity contribution in [2.45, 2.75) is 44.9 Å². The lowest BCUT2D eigenvalue weighted by Crippen LogP contribution is -2.32. The van der Waals surface area contributed by atoms with Gasteiger partial charge in [-0.25, -0.2) is 13.4 Å². The van der Waals surface area contributed by atoms with Crippen LogP contribution in [0, 0.1) is 5.41 Å². The van der Waals surface area contributed by atoms with E-state index in [0.29, 0.717) is 23.8 Å².